The van der Waals surface area contributed by atoms with Gasteiger partial charge in [0.05, 0.1) is 0 Å². The second-order valence-electron chi connectivity index (χ2n) is 22.1. The van der Waals surface area contributed by atoms with Crippen molar-refractivity contribution in [2.24, 2.45) is 0 Å². The van der Waals surface area contributed by atoms with Crippen LogP contribution in [0.15, 0.2) is 133 Å². The minimum atomic E-state index is -0.260. The van der Waals surface area contributed by atoms with Gasteiger partial charge in [-0.15, -0.1) is 0 Å². The maximum atomic E-state index is 2.64. The van der Waals surface area contributed by atoms with Crippen LogP contribution in [0.25, 0.3) is 77.2 Å². The van der Waals surface area contributed by atoms with Crippen molar-refractivity contribution in [2.75, 3.05) is 0 Å². The van der Waals surface area contributed by atoms with Crippen LogP contribution in [-0.4, -0.2) is 0 Å². The zero-order chi connectivity index (χ0) is 42.8. The van der Waals surface area contributed by atoms with Gasteiger partial charge in [0.1, 0.15) is 0 Å². The van der Waals surface area contributed by atoms with Crippen molar-refractivity contribution in [1.82, 2.24) is 0 Å². The van der Waals surface area contributed by atoms with Crippen LogP contribution < -0.4 is 0 Å². The van der Waals surface area contributed by atoms with Gasteiger partial charge in [0.2, 0.25) is 0 Å². The van der Waals surface area contributed by atoms with Crippen LogP contribution in [0.2, 0.25) is 0 Å². The van der Waals surface area contributed by atoms with E-state index in [9.17, 15) is 0 Å². The van der Waals surface area contributed by atoms with Crippen molar-refractivity contribution in [1.29, 1.82) is 0 Å². The fraction of sp³-hybridized carbons (Fsp3) is 0.279. The van der Waals surface area contributed by atoms with Crippen LogP contribution in [-0.2, 0) is 27.1 Å². The Hall–Kier alpha value is -5.72. The van der Waals surface area contributed by atoms with Crippen LogP contribution in [0.4, 0.5) is 0 Å². The van der Waals surface area contributed by atoms with Crippen LogP contribution in [0.5, 0.6) is 0 Å². The van der Waals surface area contributed by atoms with E-state index in [2.05, 4.69) is 217 Å². The summed E-state index contributed by atoms with van der Waals surface area (Å²) in [4.78, 5) is 0. The maximum Gasteiger partial charge on any atom is 0.0165 e. The van der Waals surface area contributed by atoms with Crippen LogP contribution >= 0.6 is 0 Å². The summed E-state index contributed by atoms with van der Waals surface area (Å²) in [5.41, 5.74) is 24.9. The molecule has 3 aliphatic rings. The molecule has 0 unspecified atom stereocenters. The number of fused-ring (bicyclic) bond motifs is 14. The number of hydrogen-bond donors (Lipinski definition) is 0. The lowest BCUT2D eigenvalue weighted by Crippen LogP contribution is -2.22. The van der Waals surface area contributed by atoms with E-state index in [0.29, 0.717) is 0 Å². The predicted molar refractivity (Wildman–Crippen MR) is 262 cm³/mol. The minimum absolute atomic E-state index is 0.0695. The van der Waals surface area contributed by atoms with E-state index in [4.69, 9.17) is 0 Å². The van der Waals surface area contributed by atoms with Crippen LogP contribution in [0.1, 0.15) is 128 Å². The Morgan fingerprint density at radius 1 is 0.311 bits per heavy atom. The third-order valence-electron chi connectivity index (χ3n) is 15.3. The SMILES string of the molecule is CC(C)(C)c1ccc(-c2c3ccccc3c(-c3ccc(C(C)(C)C)cc3)c3cc4c(cc23)-c2c3c(c5c(c2C4(C)C)-c2ccccc2C5(C)C)-c2ccccc2C3(C)C)cc1. The summed E-state index contributed by atoms with van der Waals surface area (Å²) < 4.78 is 0. The molecule has 0 spiro atoms. The smallest absolute Gasteiger partial charge is 0.0165 e. The summed E-state index contributed by atoms with van der Waals surface area (Å²) in [5.74, 6) is 0. The van der Waals surface area contributed by atoms with E-state index in [1.54, 1.807) is 0 Å². The van der Waals surface area contributed by atoms with Gasteiger partial charge in [0.25, 0.3) is 0 Å². The first-order chi connectivity index (χ1) is 28.8. The Morgan fingerprint density at radius 3 is 1.07 bits per heavy atom. The monoisotopic (exact) mass is 790 g/mol. The molecular weight excluding hydrogens is 733 g/mol. The molecule has 11 rings (SSSR count). The largest absolute Gasteiger partial charge is 0.0619 e. The van der Waals surface area contributed by atoms with Gasteiger partial charge in [-0.1, -0.05) is 204 Å². The second kappa shape index (κ2) is 12.2. The van der Waals surface area contributed by atoms with Crippen LogP contribution in [0, 0.1) is 0 Å². The molecule has 0 fully saturated rings. The lowest BCUT2D eigenvalue weighted by molar-refractivity contribution is 0.590. The quantitative estimate of drug-likeness (QED) is 0.153. The van der Waals surface area contributed by atoms with Gasteiger partial charge < -0.3 is 0 Å². The Kier molecular flexibility index (Phi) is 7.66. The standard InChI is InChI=1S/C61H58/c1-57(2,3)37-29-25-35(26-30-37)49-39-19-13-14-20-40(39)50(36-27-31-38(32-28-36)58(4,5)6)44-34-48-45(33-43(44)49)53-55-51(41-21-15-18-24-47(41)60(55,9)10)54-52(56(53)61(48,11)12)42-22-16-17-23-46(42)59(54,7)8/h13-34H,1-12H3. The summed E-state index contributed by atoms with van der Waals surface area (Å²) in [7, 11) is 0. The molecule has 0 amide bonds. The molecule has 0 atom stereocenters. The summed E-state index contributed by atoms with van der Waals surface area (Å²) >= 11 is 0. The van der Waals surface area contributed by atoms with Crippen LogP contribution in [0.3, 0.4) is 0 Å². The highest BCUT2D eigenvalue weighted by Crippen LogP contribution is 2.68. The van der Waals surface area contributed by atoms with Gasteiger partial charge in [-0.3, -0.25) is 0 Å². The normalized spacial score (nSPS) is 16.3. The molecule has 61 heavy (non-hydrogen) atoms. The molecule has 8 aromatic carbocycles. The Bertz CT molecular complexity index is 3180. The van der Waals surface area contributed by atoms with Gasteiger partial charge in [0, 0.05) is 16.2 Å². The molecule has 8 aromatic rings. The maximum absolute atomic E-state index is 2.64. The molecule has 0 bridgehead atoms. The highest BCUT2D eigenvalue weighted by molar-refractivity contribution is 6.23. The average molecular weight is 791 g/mol. The third-order valence-corrected chi connectivity index (χ3v) is 15.3. The highest BCUT2D eigenvalue weighted by atomic mass is 14.5. The number of hydrogen-bond acceptors (Lipinski definition) is 0. The van der Waals surface area contributed by atoms with E-state index < -0.39 is 0 Å². The van der Waals surface area contributed by atoms with Crippen molar-refractivity contribution >= 4 is 21.5 Å². The number of benzene rings is 8. The summed E-state index contributed by atoms with van der Waals surface area (Å²) in [6.07, 6.45) is 0. The molecule has 0 saturated carbocycles. The molecule has 0 N–H and O–H groups in total. The Balaban J connectivity index is 1.32. The van der Waals surface area contributed by atoms with Gasteiger partial charge in [-0.2, -0.15) is 0 Å². The molecule has 0 saturated heterocycles. The Morgan fingerprint density at radius 2 is 0.656 bits per heavy atom. The molecule has 0 radical (unpaired) electrons. The summed E-state index contributed by atoms with van der Waals surface area (Å²) in [6.45, 7) is 28.8. The van der Waals surface area contributed by atoms with E-state index in [-0.39, 0.29) is 27.1 Å². The van der Waals surface area contributed by atoms with E-state index in [0.717, 1.165) is 0 Å². The lowest BCUT2D eigenvalue weighted by Gasteiger charge is -2.31. The summed E-state index contributed by atoms with van der Waals surface area (Å²) in [5, 5.41) is 5.25. The van der Waals surface area contributed by atoms with Crippen molar-refractivity contribution in [3.8, 4) is 55.6 Å². The van der Waals surface area contributed by atoms with Crippen molar-refractivity contribution < 1.29 is 0 Å². The molecule has 3 aliphatic carbocycles. The molecule has 0 aliphatic heterocycles. The fourth-order valence-electron chi connectivity index (χ4n) is 12.2. The lowest BCUT2D eigenvalue weighted by atomic mass is 9.71. The first-order valence-corrected chi connectivity index (χ1v) is 22.5. The molecule has 0 nitrogen and oxygen atoms in total. The molecule has 0 aromatic heterocycles. The minimum Gasteiger partial charge on any atom is -0.0619 e. The van der Waals surface area contributed by atoms with Crippen molar-refractivity contribution in [3.05, 3.63) is 178 Å². The fourth-order valence-corrected chi connectivity index (χ4v) is 12.2. The van der Waals surface area contributed by atoms with E-state index in [1.807, 2.05) is 0 Å². The van der Waals surface area contributed by atoms with Crippen molar-refractivity contribution in [3.63, 3.8) is 0 Å². The topological polar surface area (TPSA) is 0 Å². The molecule has 0 heterocycles. The van der Waals surface area contributed by atoms with Gasteiger partial charge >= 0.3 is 0 Å². The number of rotatable bonds is 2. The van der Waals surface area contributed by atoms with Gasteiger partial charge in [-0.25, -0.2) is 0 Å². The summed E-state index contributed by atoms with van der Waals surface area (Å²) in [6, 6.07) is 52.0. The predicted octanol–water partition coefficient (Wildman–Crippen LogP) is 16.8. The molecule has 302 valence electrons. The highest BCUT2D eigenvalue weighted by Gasteiger charge is 2.52. The molecule has 0 heteroatoms. The Labute approximate surface area is 363 Å². The van der Waals surface area contributed by atoms with Gasteiger partial charge in [-0.05, 0) is 145 Å². The third kappa shape index (κ3) is 5.06. The second-order valence-corrected chi connectivity index (χ2v) is 22.1. The van der Waals surface area contributed by atoms with E-state index in [1.165, 1.54) is 122 Å². The van der Waals surface area contributed by atoms with Gasteiger partial charge in [0.15, 0.2) is 0 Å². The zero-order valence-corrected chi connectivity index (χ0v) is 38.2. The first kappa shape index (κ1) is 38.2. The van der Waals surface area contributed by atoms with E-state index >= 15 is 0 Å². The zero-order valence-electron chi connectivity index (χ0n) is 38.2. The average Bonchev–Trinajstić information content (AvgIpc) is 3.71. The molecular formula is C61H58. The first-order valence-electron chi connectivity index (χ1n) is 22.5. The van der Waals surface area contributed by atoms with Crippen molar-refractivity contribution in [2.45, 2.75) is 110 Å².